The van der Waals surface area contributed by atoms with E-state index < -0.39 is 47.7 Å². The van der Waals surface area contributed by atoms with Gasteiger partial charge in [-0.05, 0) is 38.8 Å². The Morgan fingerprint density at radius 2 is 1.73 bits per heavy atom. The van der Waals surface area contributed by atoms with Crippen LogP contribution in [0.1, 0.15) is 37.0 Å². The van der Waals surface area contributed by atoms with Gasteiger partial charge in [-0.3, -0.25) is 24.0 Å². The summed E-state index contributed by atoms with van der Waals surface area (Å²) in [6.07, 6.45) is 1.01. The maximum absolute atomic E-state index is 12.7. The molecule has 1 aliphatic rings. The monoisotopic (exact) mass is 418 g/mol. The summed E-state index contributed by atoms with van der Waals surface area (Å²) in [4.78, 5) is 61.4. The van der Waals surface area contributed by atoms with Gasteiger partial charge in [-0.2, -0.15) is 0 Å². The van der Waals surface area contributed by atoms with Gasteiger partial charge in [-0.25, -0.2) is 0 Å². The Kier molecular flexibility index (Phi) is 7.90. The molecule has 1 aliphatic heterocycles. The van der Waals surface area contributed by atoms with Crippen LogP contribution in [-0.4, -0.2) is 70.8 Å². The molecule has 10 heteroatoms. The number of carbonyl (C=O) groups excluding carboxylic acids is 4. The molecule has 4 N–H and O–H groups in total. The van der Waals surface area contributed by atoms with Crippen molar-refractivity contribution in [3.63, 3.8) is 0 Å². The van der Waals surface area contributed by atoms with Gasteiger partial charge in [0.2, 0.25) is 17.7 Å². The third-order valence-corrected chi connectivity index (χ3v) is 4.76. The molecule has 0 aliphatic carbocycles. The molecular formula is C20H26N4O6. The molecule has 0 aromatic heterocycles. The van der Waals surface area contributed by atoms with Crippen molar-refractivity contribution in [2.45, 2.75) is 44.8 Å². The van der Waals surface area contributed by atoms with Crippen molar-refractivity contribution in [1.82, 2.24) is 20.9 Å². The maximum Gasteiger partial charge on any atom is 0.325 e. The van der Waals surface area contributed by atoms with Gasteiger partial charge in [0.25, 0.3) is 5.91 Å². The summed E-state index contributed by atoms with van der Waals surface area (Å²) in [5, 5.41) is 16.3. The van der Waals surface area contributed by atoms with Crippen molar-refractivity contribution >= 4 is 29.6 Å². The Morgan fingerprint density at radius 1 is 1.07 bits per heavy atom. The van der Waals surface area contributed by atoms with Gasteiger partial charge in [0.1, 0.15) is 18.1 Å². The Balaban J connectivity index is 1.86. The van der Waals surface area contributed by atoms with Gasteiger partial charge in [0.15, 0.2) is 0 Å². The molecule has 10 nitrogen and oxygen atoms in total. The summed E-state index contributed by atoms with van der Waals surface area (Å²) in [6.45, 7) is 2.87. The molecule has 0 saturated carbocycles. The molecule has 0 spiro atoms. The van der Waals surface area contributed by atoms with Crippen molar-refractivity contribution in [3.8, 4) is 0 Å². The summed E-state index contributed by atoms with van der Waals surface area (Å²) in [7, 11) is 0. The average Bonchev–Trinajstić information content (AvgIpc) is 3.21. The highest BCUT2D eigenvalue weighted by Crippen LogP contribution is 2.18. The SMILES string of the molecule is CC(NC(=O)C1CCCN1C(=O)C(C)NC(=O)CNC(=O)c1ccccc1)C(=O)O. The van der Waals surface area contributed by atoms with Gasteiger partial charge < -0.3 is 26.0 Å². The number of hydrogen-bond donors (Lipinski definition) is 4. The number of nitrogens with one attached hydrogen (secondary N) is 3. The number of rotatable bonds is 8. The van der Waals surface area contributed by atoms with Crippen LogP contribution in [0.25, 0.3) is 0 Å². The first-order chi connectivity index (χ1) is 14.2. The first-order valence-corrected chi connectivity index (χ1v) is 9.67. The average molecular weight is 418 g/mol. The molecule has 30 heavy (non-hydrogen) atoms. The lowest BCUT2D eigenvalue weighted by Gasteiger charge is -2.27. The highest BCUT2D eigenvalue weighted by atomic mass is 16.4. The van der Waals surface area contributed by atoms with Gasteiger partial charge in [-0.15, -0.1) is 0 Å². The van der Waals surface area contributed by atoms with Crippen molar-refractivity contribution in [2.75, 3.05) is 13.1 Å². The Morgan fingerprint density at radius 3 is 2.37 bits per heavy atom. The quantitative estimate of drug-likeness (QED) is 0.448. The van der Waals surface area contributed by atoms with E-state index in [-0.39, 0.29) is 6.54 Å². The number of aliphatic carboxylic acids is 1. The van der Waals surface area contributed by atoms with E-state index in [4.69, 9.17) is 5.11 Å². The lowest BCUT2D eigenvalue weighted by molar-refractivity contribution is -0.144. The fourth-order valence-corrected chi connectivity index (χ4v) is 3.13. The summed E-state index contributed by atoms with van der Waals surface area (Å²) in [5.41, 5.74) is 0.413. The number of likely N-dealkylation sites (tertiary alicyclic amines) is 1. The molecule has 1 aromatic carbocycles. The third-order valence-electron chi connectivity index (χ3n) is 4.76. The summed E-state index contributed by atoms with van der Waals surface area (Å²) < 4.78 is 0. The number of benzene rings is 1. The smallest absolute Gasteiger partial charge is 0.325 e. The zero-order chi connectivity index (χ0) is 22.3. The molecule has 2 rings (SSSR count). The van der Waals surface area contributed by atoms with E-state index >= 15 is 0 Å². The van der Waals surface area contributed by atoms with E-state index in [0.717, 1.165) is 0 Å². The maximum atomic E-state index is 12.7. The lowest BCUT2D eigenvalue weighted by Crippen LogP contribution is -2.54. The number of amides is 4. The normalized spacial score (nSPS) is 17.5. The molecule has 0 bridgehead atoms. The van der Waals surface area contributed by atoms with E-state index in [1.165, 1.54) is 18.7 Å². The summed E-state index contributed by atoms with van der Waals surface area (Å²) in [5.74, 6) is -3.10. The van der Waals surface area contributed by atoms with Crippen LogP contribution in [-0.2, 0) is 19.2 Å². The van der Waals surface area contributed by atoms with Gasteiger partial charge >= 0.3 is 5.97 Å². The molecule has 1 saturated heterocycles. The summed E-state index contributed by atoms with van der Waals surface area (Å²) >= 11 is 0. The van der Waals surface area contributed by atoms with E-state index in [9.17, 15) is 24.0 Å². The van der Waals surface area contributed by atoms with Crippen molar-refractivity contribution < 1.29 is 29.1 Å². The van der Waals surface area contributed by atoms with Gasteiger partial charge in [0.05, 0.1) is 6.54 Å². The van der Waals surface area contributed by atoms with Crippen molar-refractivity contribution in [3.05, 3.63) is 35.9 Å². The number of nitrogens with zero attached hydrogens (tertiary/aromatic N) is 1. The van der Waals surface area contributed by atoms with Crippen LogP contribution in [0.3, 0.4) is 0 Å². The highest BCUT2D eigenvalue weighted by molar-refractivity contribution is 5.97. The van der Waals surface area contributed by atoms with E-state index in [1.807, 2.05) is 0 Å². The molecule has 1 aromatic rings. The van der Waals surface area contributed by atoms with Crippen LogP contribution in [0.15, 0.2) is 30.3 Å². The second kappa shape index (κ2) is 10.4. The Labute approximate surface area is 174 Å². The number of carbonyl (C=O) groups is 5. The van der Waals surface area contributed by atoms with Crippen LogP contribution in [0.4, 0.5) is 0 Å². The zero-order valence-corrected chi connectivity index (χ0v) is 16.9. The zero-order valence-electron chi connectivity index (χ0n) is 16.9. The van der Waals surface area contributed by atoms with E-state index in [2.05, 4.69) is 16.0 Å². The lowest BCUT2D eigenvalue weighted by atomic mass is 10.1. The molecule has 1 heterocycles. The van der Waals surface area contributed by atoms with Crippen molar-refractivity contribution in [1.29, 1.82) is 0 Å². The van der Waals surface area contributed by atoms with E-state index in [0.29, 0.717) is 24.9 Å². The number of carboxylic acid groups (broad SMARTS) is 1. The standard InChI is InChI=1S/C20H26N4O6/c1-12(22-16(25)11-21-17(26)14-7-4-3-5-8-14)19(28)24-10-6-9-15(24)18(27)23-13(2)20(29)30/h3-5,7-8,12-13,15H,6,9-11H2,1-2H3,(H,21,26)(H,22,25)(H,23,27)(H,29,30). The molecule has 3 atom stereocenters. The van der Waals surface area contributed by atoms with Gasteiger partial charge in [-0.1, -0.05) is 18.2 Å². The minimum Gasteiger partial charge on any atom is -0.480 e. The number of carboxylic acids is 1. The Bertz CT molecular complexity index is 813. The van der Waals surface area contributed by atoms with E-state index in [1.54, 1.807) is 30.3 Å². The first-order valence-electron chi connectivity index (χ1n) is 9.67. The van der Waals surface area contributed by atoms with Crippen LogP contribution >= 0.6 is 0 Å². The van der Waals surface area contributed by atoms with Gasteiger partial charge in [0, 0.05) is 12.1 Å². The highest BCUT2D eigenvalue weighted by Gasteiger charge is 2.37. The fraction of sp³-hybridized carbons (Fsp3) is 0.450. The van der Waals surface area contributed by atoms with Crippen LogP contribution in [0, 0.1) is 0 Å². The molecular weight excluding hydrogens is 392 g/mol. The summed E-state index contributed by atoms with van der Waals surface area (Å²) in [6, 6.07) is 5.65. The third kappa shape index (κ3) is 6.03. The minimum absolute atomic E-state index is 0.300. The predicted octanol–water partition coefficient (Wildman–Crippen LogP) is -0.499. The molecule has 0 radical (unpaired) electrons. The predicted molar refractivity (Wildman–Crippen MR) is 106 cm³/mol. The van der Waals surface area contributed by atoms with Crippen LogP contribution in [0.5, 0.6) is 0 Å². The Hall–Kier alpha value is -3.43. The molecule has 4 amide bonds. The second-order valence-corrected chi connectivity index (χ2v) is 7.10. The second-order valence-electron chi connectivity index (χ2n) is 7.10. The molecule has 3 unspecified atom stereocenters. The minimum atomic E-state index is -1.17. The fourth-order valence-electron chi connectivity index (χ4n) is 3.13. The van der Waals surface area contributed by atoms with Crippen molar-refractivity contribution in [2.24, 2.45) is 0 Å². The largest absolute Gasteiger partial charge is 0.480 e. The van der Waals surface area contributed by atoms with Crippen LogP contribution in [0.2, 0.25) is 0 Å². The number of hydrogen-bond acceptors (Lipinski definition) is 5. The van der Waals surface area contributed by atoms with Crippen LogP contribution < -0.4 is 16.0 Å². The first kappa shape index (κ1) is 22.9. The molecule has 1 fully saturated rings. The topological polar surface area (TPSA) is 145 Å². The molecule has 162 valence electrons.